The van der Waals surface area contributed by atoms with Crippen LogP contribution in [0.1, 0.15) is 14.5 Å². The van der Waals surface area contributed by atoms with Crippen LogP contribution in [0.15, 0.2) is 23.7 Å². The van der Waals surface area contributed by atoms with Crippen molar-refractivity contribution < 1.29 is 4.79 Å². The van der Waals surface area contributed by atoms with E-state index >= 15 is 0 Å². The maximum atomic E-state index is 12.6. The predicted octanol–water partition coefficient (Wildman–Crippen LogP) is 2.96. The number of nitrogens with zero attached hydrogens (tertiary/aromatic N) is 3. The van der Waals surface area contributed by atoms with Crippen molar-refractivity contribution in [2.24, 2.45) is 0 Å². The van der Waals surface area contributed by atoms with Crippen LogP contribution in [-0.4, -0.2) is 46.9 Å². The Kier molecular flexibility index (Phi) is 4.06. The SMILES string of the molecule is Nc1ncc(CN2CCN(C(=O)c3cc4sccc4s3)CC2)s1. The average Bonchev–Trinajstić information content (AvgIpc) is 3.23. The molecule has 1 aliphatic rings. The van der Waals surface area contributed by atoms with Crippen molar-refractivity contribution in [1.82, 2.24) is 14.8 Å². The van der Waals surface area contributed by atoms with E-state index in [0.717, 1.165) is 37.6 Å². The Morgan fingerprint density at radius 3 is 2.74 bits per heavy atom. The number of fused-ring (bicyclic) bond motifs is 1. The van der Waals surface area contributed by atoms with Gasteiger partial charge in [-0.05, 0) is 17.5 Å². The molecule has 4 heterocycles. The maximum Gasteiger partial charge on any atom is 0.264 e. The fourth-order valence-electron chi connectivity index (χ4n) is 2.75. The third-order valence-corrected chi connectivity index (χ3v) is 6.85. The van der Waals surface area contributed by atoms with Gasteiger partial charge in [0.2, 0.25) is 0 Å². The Morgan fingerprint density at radius 2 is 2.04 bits per heavy atom. The molecule has 8 heteroatoms. The molecule has 0 aliphatic carbocycles. The summed E-state index contributed by atoms with van der Waals surface area (Å²) >= 11 is 4.83. The molecule has 120 valence electrons. The van der Waals surface area contributed by atoms with E-state index in [-0.39, 0.29) is 5.91 Å². The maximum absolute atomic E-state index is 12.6. The molecule has 1 fully saturated rings. The molecule has 2 N–H and O–H groups in total. The molecule has 23 heavy (non-hydrogen) atoms. The zero-order valence-electron chi connectivity index (χ0n) is 12.4. The van der Waals surface area contributed by atoms with Crippen LogP contribution in [0.2, 0.25) is 0 Å². The van der Waals surface area contributed by atoms with Crippen LogP contribution in [0.3, 0.4) is 0 Å². The number of rotatable bonds is 3. The van der Waals surface area contributed by atoms with Gasteiger partial charge in [0.05, 0.1) is 4.88 Å². The summed E-state index contributed by atoms with van der Waals surface area (Å²) in [5.41, 5.74) is 5.67. The van der Waals surface area contributed by atoms with E-state index in [1.165, 1.54) is 25.6 Å². The van der Waals surface area contributed by atoms with E-state index in [1.807, 2.05) is 17.2 Å². The Bertz CT molecular complexity index is 800. The number of thiazole rings is 1. The molecule has 0 spiro atoms. The van der Waals surface area contributed by atoms with Crippen LogP contribution in [0.4, 0.5) is 5.13 Å². The number of anilines is 1. The van der Waals surface area contributed by atoms with Gasteiger partial charge in [-0.15, -0.1) is 34.0 Å². The topological polar surface area (TPSA) is 62.5 Å². The van der Waals surface area contributed by atoms with Crippen molar-refractivity contribution in [2.75, 3.05) is 31.9 Å². The Labute approximate surface area is 146 Å². The molecular formula is C15H16N4OS3. The van der Waals surface area contributed by atoms with Crippen molar-refractivity contribution in [3.05, 3.63) is 33.5 Å². The minimum atomic E-state index is 0.167. The van der Waals surface area contributed by atoms with Crippen LogP contribution in [0, 0.1) is 0 Å². The summed E-state index contributed by atoms with van der Waals surface area (Å²) in [7, 11) is 0. The third-order valence-electron chi connectivity index (χ3n) is 3.96. The van der Waals surface area contributed by atoms with E-state index < -0.39 is 0 Å². The molecule has 1 amide bonds. The number of piperazine rings is 1. The summed E-state index contributed by atoms with van der Waals surface area (Å²) in [4.78, 5) is 23.1. The van der Waals surface area contributed by atoms with E-state index in [9.17, 15) is 4.79 Å². The van der Waals surface area contributed by atoms with Gasteiger partial charge in [-0.1, -0.05) is 0 Å². The number of aromatic nitrogens is 1. The fraction of sp³-hybridized carbons (Fsp3) is 0.333. The fourth-order valence-corrected chi connectivity index (χ4v) is 5.56. The lowest BCUT2D eigenvalue weighted by atomic mass is 10.3. The van der Waals surface area contributed by atoms with Gasteiger partial charge in [0, 0.05) is 53.2 Å². The monoisotopic (exact) mass is 364 g/mol. The van der Waals surface area contributed by atoms with Gasteiger partial charge >= 0.3 is 0 Å². The summed E-state index contributed by atoms with van der Waals surface area (Å²) in [6.45, 7) is 4.20. The predicted molar refractivity (Wildman–Crippen MR) is 97.4 cm³/mol. The number of carbonyl (C=O) groups excluding carboxylic acids is 1. The number of carbonyl (C=O) groups is 1. The van der Waals surface area contributed by atoms with Crippen LogP contribution in [0.5, 0.6) is 0 Å². The molecule has 3 aromatic rings. The molecule has 0 aromatic carbocycles. The van der Waals surface area contributed by atoms with Crippen LogP contribution in [-0.2, 0) is 6.54 Å². The second-order valence-corrected chi connectivity index (χ2v) is 8.67. The van der Waals surface area contributed by atoms with Crippen molar-refractivity contribution in [2.45, 2.75) is 6.54 Å². The molecule has 1 aliphatic heterocycles. The summed E-state index contributed by atoms with van der Waals surface area (Å²) < 4.78 is 2.42. The van der Waals surface area contributed by atoms with Crippen molar-refractivity contribution >= 4 is 54.4 Å². The first kappa shape index (κ1) is 15.1. The Morgan fingerprint density at radius 1 is 1.22 bits per heavy atom. The van der Waals surface area contributed by atoms with Crippen molar-refractivity contribution in [3.63, 3.8) is 0 Å². The van der Waals surface area contributed by atoms with Crippen molar-refractivity contribution in [1.29, 1.82) is 0 Å². The first-order valence-electron chi connectivity index (χ1n) is 7.38. The Hall–Kier alpha value is -1.48. The third kappa shape index (κ3) is 3.12. The standard InChI is InChI=1S/C15H16N4OS3/c16-15-17-8-10(22-15)9-18-2-4-19(5-3-18)14(20)13-7-12-11(23-13)1-6-21-12/h1,6-8H,2-5,9H2,(H2,16,17). The molecule has 3 aromatic heterocycles. The first-order chi connectivity index (χ1) is 11.2. The lowest BCUT2D eigenvalue weighted by Gasteiger charge is -2.34. The second-order valence-electron chi connectivity index (χ2n) is 5.49. The van der Waals surface area contributed by atoms with E-state index in [4.69, 9.17) is 5.73 Å². The molecule has 1 saturated heterocycles. The summed E-state index contributed by atoms with van der Waals surface area (Å²) in [6, 6.07) is 4.11. The number of nitrogens with two attached hydrogens (primary N) is 1. The van der Waals surface area contributed by atoms with Crippen molar-refractivity contribution in [3.8, 4) is 0 Å². The minimum Gasteiger partial charge on any atom is -0.375 e. The second kappa shape index (κ2) is 6.20. The zero-order valence-corrected chi connectivity index (χ0v) is 14.8. The first-order valence-corrected chi connectivity index (χ1v) is 9.89. The van der Waals surface area contributed by atoms with E-state index in [2.05, 4.69) is 21.3 Å². The van der Waals surface area contributed by atoms with Crippen LogP contribution >= 0.6 is 34.0 Å². The lowest BCUT2D eigenvalue weighted by molar-refractivity contribution is 0.0634. The number of amides is 1. The van der Waals surface area contributed by atoms with Gasteiger partial charge in [-0.25, -0.2) is 4.98 Å². The highest BCUT2D eigenvalue weighted by molar-refractivity contribution is 7.27. The summed E-state index contributed by atoms with van der Waals surface area (Å²) in [5, 5.41) is 2.69. The Balaban J connectivity index is 1.37. The minimum absolute atomic E-state index is 0.167. The molecule has 0 unspecified atom stereocenters. The van der Waals surface area contributed by atoms with Gasteiger partial charge in [0.25, 0.3) is 5.91 Å². The van der Waals surface area contributed by atoms with Gasteiger partial charge in [-0.3, -0.25) is 9.69 Å². The molecular weight excluding hydrogens is 348 g/mol. The summed E-state index contributed by atoms with van der Waals surface area (Å²) in [5.74, 6) is 0.167. The molecule has 0 atom stereocenters. The van der Waals surface area contributed by atoms with Gasteiger partial charge in [-0.2, -0.15) is 0 Å². The molecule has 4 rings (SSSR count). The van der Waals surface area contributed by atoms with Crippen LogP contribution < -0.4 is 5.73 Å². The highest BCUT2D eigenvalue weighted by Gasteiger charge is 2.24. The normalized spacial score (nSPS) is 16.3. The number of nitrogen functional groups attached to an aromatic ring is 1. The van der Waals surface area contributed by atoms with Gasteiger partial charge in [0.1, 0.15) is 0 Å². The van der Waals surface area contributed by atoms with Gasteiger partial charge in [0.15, 0.2) is 5.13 Å². The molecule has 0 radical (unpaired) electrons. The molecule has 0 bridgehead atoms. The zero-order chi connectivity index (χ0) is 15.8. The quantitative estimate of drug-likeness (QED) is 0.776. The smallest absolute Gasteiger partial charge is 0.264 e. The highest BCUT2D eigenvalue weighted by atomic mass is 32.1. The van der Waals surface area contributed by atoms with Crippen LogP contribution in [0.25, 0.3) is 9.40 Å². The van der Waals surface area contributed by atoms with Gasteiger partial charge < -0.3 is 10.6 Å². The summed E-state index contributed by atoms with van der Waals surface area (Å²) in [6.07, 6.45) is 1.84. The number of hydrogen-bond donors (Lipinski definition) is 1. The lowest BCUT2D eigenvalue weighted by Crippen LogP contribution is -2.48. The molecule has 5 nitrogen and oxygen atoms in total. The molecule has 0 saturated carbocycles. The number of thiophene rings is 2. The number of hydrogen-bond acceptors (Lipinski definition) is 7. The van der Waals surface area contributed by atoms with E-state index in [1.54, 1.807) is 22.7 Å². The average molecular weight is 365 g/mol. The highest BCUT2D eigenvalue weighted by Crippen LogP contribution is 2.31. The largest absolute Gasteiger partial charge is 0.375 e. The van der Waals surface area contributed by atoms with E-state index in [0.29, 0.717) is 5.13 Å².